The number of carbonyl (C=O) groups excluding carboxylic acids is 2. The van der Waals surface area contributed by atoms with E-state index >= 15 is 0 Å². The van der Waals surface area contributed by atoms with E-state index in [4.69, 9.17) is 42.6 Å². The van der Waals surface area contributed by atoms with Crippen LogP contribution in [-0.4, -0.2) is 297 Å². The Morgan fingerprint density at radius 2 is 1.10 bits per heavy atom. The van der Waals surface area contributed by atoms with Crippen molar-refractivity contribution < 1.29 is 144 Å². The summed E-state index contributed by atoms with van der Waals surface area (Å²) in [5.41, 5.74) is 0. The zero-order valence-corrected chi connectivity index (χ0v) is 36.2. The van der Waals surface area contributed by atoms with Crippen LogP contribution in [0.4, 0.5) is 0 Å². The summed E-state index contributed by atoms with van der Waals surface area (Å²) in [6.07, 6.45) is -46.5. The third-order valence-corrected chi connectivity index (χ3v) is 12.1. The molecule has 0 aromatic heterocycles. The first-order chi connectivity index (χ1) is 31.9. The van der Waals surface area contributed by atoms with E-state index in [-0.39, 0.29) is 0 Å². The zero-order valence-electron chi connectivity index (χ0n) is 36.2. The van der Waals surface area contributed by atoms with Gasteiger partial charge in [-0.15, -0.1) is 0 Å². The van der Waals surface area contributed by atoms with Crippen LogP contribution in [0.5, 0.6) is 0 Å². The number of hydrogen-bond acceptors (Lipinski definition) is 28. The third-order valence-electron chi connectivity index (χ3n) is 12.1. The van der Waals surface area contributed by atoms with Gasteiger partial charge in [0.2, 0.25) is 11.8 Å². The van der Waals surface area contributed by atoms with Crippen molar-refractivity contribution in [2.24, 2.45) is 0 Å². The standard InChI is InChI=1S/C37H62N2O29/c1-9(44)38-17-11(46)3-37(36(58)59,68-30(17)19(48)12(47)4-40)60-8-16-20(49)23(52)26(55)34(64-16)66-29-18(39-10(2)45)33(62-13(5-41)21(29)50)67-31-22(51)14(6-42)63-35(27(31)56)65-28-15(7-43)61-32(57)25(54)24(28)53/h11-35,40-43,46-57H,3-8H2,1-2H3,(H,38,44)(H,39,45)(H,58,59)/t11-,12+,13+,14+,15+,16+,17+,18+,19+,20-,21+,22-,23-,24+,25+,26+,27+,28-,29+,30+,31-,32-,33-,34-,35-,37+/m0/s1. The van der Waals surface area contributed by atoms with E-state index < -0.39 is 216 Å². The molecule has 0 aromatic carbocycles. The van der Waals surface area contributed by atoms with Gasteiger partial charge >= 0.3 is 5.97 Å². The molecule has 0 unspecified atom stereocenters. The number of rotatable bonds is 18. The maximum absolute atomic E-state index is 12.7. The van der Waals surface area contributed by atoms with Gasteiger partial charge in [0.05, 0.1) is 45.2 Å². The fourth-order valence-corrected chi connectivity index (χ4v) is 8.42. The first-order valence-electron chi connectivity index (χ1n) is 21.2. The molecule has 5 saturated heterocycles. The molecular weight excluding hydrogens is 936 g/mol. The molecule has 0 radical (unpaired) electrons. The smallest absolute Gasteiger partial charge is 0.364 e. The molecule has 2 amide bonds. The normalized spacial score (nSPS) is 46.6. The fraction of sp³-hybridized carbons (Fsp3) is 0.919. The van der Waals surface area contributed by atoms with Crippen molar-refractivity contribution in [3.63, 3.8) is 0 Å². The Bertz CT molecular complexity index is 1660. The highest BCUT2D eigenvalue weighted by Crippen LogP contribution is 2.37. The highest BCUT2D eigenvalue weighted by Gasteiger charge is 2.59. The van der Waals surface area contributed by atoms with Gasteiger partial charge in [-0.2, -0.15) is 0 Å². The van der Waals surface area contributed by atoms with Crippen molar-refractivity contribution >= 4 is 17.8 Å². The molecule has 0 aliphatic carbocycles. The quantitative estimate of drug-likeness (QED) is 0.0606. The number of aliphatic carboxylic acids is 1. The minimum atomic E-state index is -2.98. The number of ether oxygens (including phenoxy) is 9. The molecule has 31 nitrogen and oxygen atoms in total. The Hall–Kier alpha value is -2.59. The number of nitrogens with one attached hydrogen (secondary N) is 2. The van der Waals surface area contributed by atoms with E-state index in [0.717, 1.165) is 13.8 Å². The van der Waals surface area contributed by atoms with E-state index in [1.54, 1.807) is 0 Å². The second-order valence-corrected chi connectivity index (χ2v) is 16.9. The van der Waals surface area contributed by atoms with Gasteiger partial charge in [-0.1, -0.05) is 0 Å². The molecule has 0 bridgehead atoms. The highest BCUT2D eigenvalue weighted by molar-refractivity contribution is 5.76. The van der Waals surface area contributed by atoms with Gasteiger partial charge in [0, 0.05) is 20.3 Å². The summed E-state index contributed by atoms with van der Waals surface area (Å²) in [5, 5.41) is 184. The number of amides is 2. The lowest BCUT2D eigenvalue weighted by atomic mass is 9.88. The number of carboxylic acids is 1. The predicted octanol–water partition coefficient (Wildman–Crippen LogP) is -12.4. The lowest BCUT2D eigenvalue weighted by Crippen LogP contribution is -2.70. The Balaban J connectivity index is 1.39. The van der Waals surface area contributed by atoms with E-state index in [1.165, 1.54) is 0 Å². The van der Waals surface area contributed by atoms with E-state index in [2.05, 4.69) is 10.6 Å². The van der Waals surface area contributed by atoms with Gasteiger partial charge in [-0.25, -0.2) is 4.79 Å². The van der Waals surface area contributed by atoms with Crippen LogP contribution in [0, 0.1) is 0 Å². The number of aliphatic hydroxyl groups excluding tert-OH is 16. The molecule has 68 heavy (non-hydrogen) atoms. The Morgan fingerprint density at radius 1 is 0.588 bits per heavy atom. The monoisotopic (exact) mass is 998 g/mol. The summed E-state index contributed by atoms with van der Waals surface area (Å²) in [5.74, 6) is -6.62. The molecule has 26 atom stereocenters. The van der Waals surface area contributed by atoms with Crippen LogP contribution in [0.1, 0.15) is 20.3 Å². The molecule has 5 aliphatic rings. The van der Waals surface area contributed by atoms with Crippen molar-refractivity contribution in [2.75, 3.05) is 33.0 Å². The van der Waals surface area contributed by atoms with Gasteiger partial charge in [-0.3, -0.25) is 9.59 Å². The minimum absolute atomic E-state index is 0.782. The average molecular weight is 999 g/mol. The Labute approximate surface area is 384 Å². The fourth-order valence-electron chi connectivity index (χ4n) is 8.42. The molecule has 19 N–H and O–H groups in total. The summed E-state index contributed by atoms with van der Waals surface area (Å²) >= 11 is 0. The summed E-state index contributed by atoms with van der Waals surface area (Å²) in [7, 11) is 0. The van der Waals surface area contributed by atoms with Gasteiger partial charge < -0.3 is 140 Å². The van der Waals surface area contributed by atoms with Crippen LogP contribution in [0.15, 0.2) is 0 Å². The van der Waals surface area contributed by atoms with E-state index in [0.29, 0.717) is 0 Å². The molecular formula is C37H62N2O29. The SMILES string of the molecule is CC(=O)N[C@H]1[C@H](O[C@H]2[C@@H](O)[C@@H](CO)O[C@@H](O[C@@H]3[C@H](O)[C@@H](O)[C@@H](O)O[C@@H]3CO)[C@@H]2O)O[C@H](CO)[C@@H](O)[C@@H]1O[C@@H]1O[C@H](CO[C@]2(C(=O)O)C[C@H](O)[C@@H](NC(C)=O)[C@H]([C@H](O)[C@H](O)CO)O2)[C@H](O)[C@H](O)[C@H]1O. The van der Waals surface area contributed by atoms with Crippen LogP contribution >= 0.6 is 0 Å². The number of hydrogen-bond donors (Lipinski definition) is 19. The molecule has 0 spiro atoms. The van der Waals surface area contributed by atoms with Crippen molar-refractivity contribution in [3.8, 4) is 0 Å². The Morgan fingerprint density at radius 3 is 1.66 bits per heavy atom. The Kier molecular flexibility index (Phi) is 19.7. The van der Waals surface area contributed by atoms with Crippen LogP contribution in [0.3, 0.4) is 0 Å². The average Bonchev–Trinajstić information content (AvgIpc) is 3.29. The molecule has 0 saturated carbocycles. The maximum Gasteiger partial charge on any atom is 0.364 e. The number of aliphatic hydroxyl groups is 16. The van der Waals surface area contributed by atoms with E-state index in [1.807, 2.05) is 0 Å². The third kappa shape index (κ3) is 12.0. The summed E-state index contributed by atoms with van der Waals surface area (Å²) in [4.78, 5) is 37.3. The highest BCUT2D eigenvalue weighted by atomic mass is 16.8. The lowest BCUT2D eigenvalue weighted by molar-refractivity contribution is -0.381. The largest absolute Gasteiger partial charge is 0.477 e. The van der Waals surface area contributed by atoms with Crippen LogP contribution in [-0.2, 0) is 57.0 Å². The maximum atomic E-state index is 12.7. The zero-order chi connectivity index (χ0) is 50.7. The topological polar surface area (TPSA) is 502 Å². The van der Waals surface area contributed by atoms with Crippen LogP contribution in [0.25, 0.3) is 0 Å². The molecule has 0 aromatic rings. The minimum Gasteiger partial charge on any atom is -0.477 e. The van der Waals surface area contributed by atoms with Crippen molar-refractivity contribution in [1.29, 1.82) is 0 Å². The van der Waals surface area contributed by atoms with Gasteiger partial charge in [0.25, 0.3) is 5.79 Å². The van der Waals surface area contributed by atoms with Crippen LogP contribution in [0.2, 0.25) is 0 Å². The molecule has 5 rings (SSSR count). The second-order valence-electron chi connectivity index (χ2n) is 16.9. The summed E-state index contributed by atoms with van der Waals surface area (Å²) < 4.78 is 50.5. The van der Waals surface area contributed by atoms with Crippen molar-refractivity contribution in [1.82, 2.24) is 10.6 Å². The van der Waals surface area contributed by atoms with Gasteiger partial charge in [-0.05, 0) is 0 Å². The number of carboxylic acid groups (broad SMARTS) is 1. The van der Waals surface area contributed by atoms with Crippen molar-refractivity contribution in [3.05, 3.63) is 0 Å². The van der Waals surface area contributed by atoms with Gasteiger partial charge in [0.15, 0.2) is 25.2 Å². The predicted molar refractivity (Wildman–Crippen MR) is 207 cm³/mol. The van der Waals surface area contributed by atoms with Gasteiger partial charge in [0.1, 0.15) is 116 Å². The molecule has 5 heterocycles. The molecule has 394 valence electrons. The number of carbonyl (C=O) groups is 3. The van der Waals surface area contributed by atoms with Crippen LogP contribution < -0.4 is 10.6 Å². The van der Waals surface area contributed by atoms with Crippen molar-refractivity contribution in [2.45, 2.75) is 179 Å². The first-order valence-corrected chi connectivity index (χ1v) is 21.2. The molecule has 5 aliphatic heterocycles. The van der Waals surface area contributed by atoms with E-state index in [9.17, 15) is 101 Å². The molecule has 5 fully saturated rings. The lowest BCUT2D eigenvalue weighted by Gasteiger charge is -2.50. The second kappa shape index (κ2) is 23.8. The summed E-state index contributed by atoms with van der Waals surface area (Å²) in [6, 6.07) is -3.40. The molecule has 31 heteroatoms. The summed E-state index contributed by atoms with van der Waals surface area (Å²) in [6.45, 7) is -3.16. The first kappa shape index (κ1) is 56.3.